The predicted molar refractivity (Wildman–Crippen MR) is 85.8 cm³/mol. The standard InChI is InChI=1S/C16H28N2O3S/c1-12(2)8-10-22(20,21)17-9-7-15-13(11-17)3-6-16(19)18(15)14-4-5-14/h12-15H,3-11H2,1-2H3/t13-,15-/m0/s1. The lowest BCUT2D eigenvalue weighted by molar-refractivity contribution is -0.141. The van der Waals surface area contributed by atoms with E-state index in [1.165, 1.54) is 0 Å². The molecule has 1 saturated carbocycles. The van der Waals surface area contributed by atoms with Crippen LogP contribution in [-0.2, 0) is 14.8 Å². The number of likely N-dealkylation sites (tertiary alicyclic amines) is 1. The van der Waals surface area contributed by atoms with Crippen LogP contribution in [0.5, 0.6) is 0 Å². The van der Waals surface area contributed by atoms with Crippen molar-refractivity contribution in [1.29, 1.82) is 0 Å². The lowest BCUT2D eigenvalue weighted by atomic mass is 9.84. The van der Waals surface area contributed by atoms with E-state index in [1.807, 2.05) is 0 Å². The second kappa shape index (κ2) is 6.11. The van der Waals surface area contributed by atoms with Gasteiger partial charge in [-0.25, -0.2) is 12.7 Å². The van der Waals surface area contributed by atoms with Gasteiger partial charge in [0.05, 0.1) is 5.75 Å². The molecule has 3 fully saturated rings. The Balaban J connectivity index is 1.65. The van der Waals surface area contributed by atoms with E-state index in [9.17, 15) is 13.2 Å². The fraction of sp³-hybridized carbons (Fsp3) is 0.938. The van der Waals surface area contributed by atoms with Crippen LogP contribution >= 0.6 is 0 Å². The molecule has 0 radical (unpaired) electrons. The number of rotatable bonds is 5. The lowest BCUT2D eigenvalue weighted by Crippen LogP contribution is -2.57. The topological polar surface area (TPSA) is 57.7 Å². The van der Waals surface area contributed by atoms with Crippen molar-refractivity contribution in [3.8, 4) is 0 Å². The van der Waals surface area contributed by atoms with Crippen LogP contribution in [0.2, 0.25) is 0 Å². The number of hydrogen-bond acceptors (Lipinski definition) is 3. The zero-order valence-electron chi connectivity index (χ0n) is 13.7. The van der Waals surface area contributed by atoms with Gasteiger partial charge < -0.3 is 4.90 Å². The molecule has 0 bridgehead atoms. The first-order chi connectivity index (χ1) is 10.4. The number of sulfonamides is 1. The van der Waals surface area contributed by atoms with Crippen LogP contribution in [0.4, 0.5) is 0 Å². The Labute approximate surface area is 134 Å². The average Bonchev–Trinajstić information content (AvgIpc) is 3.29. The molecule has 5 nitrogen and oxygen atoms in total. The highest BCUT2D eigenvalue weighted by Gasteiger charge is 2.46. The van der Waals surface area contributed by atoms with Gasteiger partial charge in [0.2, 0.25) is 15.9 Å². The maximum absolute atomic E-state index is 12.5. The van der Waals surface area contributed by atoms with E-state index in [4.69, 9.17) is 0 Å². The Kier molecular flexibility index (Phi) is 4.52. The van der Waals surface area contributed by atoms with E-state index >= 15 is 0 Å². The van der Waals surface area contributed by atoms with Crippen molar-refractivity contribution in [2.75, 3.05) is 18.8 Å². The van der Waals surface area contributed by atoms with Gasteiger partial charge in [-0.2, -0.15) is 0 Å². The van der Waals surface area contributed by atoms with Gasteiger partial charge in [0, 0.05) is 31.6 Å². The summed E-state index contributed by atoms with van der Waals surface area (Å²) in [6.45, 7) is 5.31. The maximum atomic E-state index is 12.5. The van der Waals surface area contributed by atoms with Crippen LogP contribution < -0.4 is 0 Å². The van der Waals surface area contributed by atoms with Crippen LogP contribution in [0.15, 0.2) is 0 Å². The fourth-order valence-electron chi connectivity index (χ4n) is 3.85. The Bertz CT molecular complexity index is 528. The van der Waals surface area contributed by atoms with E-state index in [-0.39, 0.29) is 11.8 Å². The van der Waals surface area contributed by atoms with Gasteiger partial charge in [-0.05, 0) is 43.9 Å². The van der Waals surface area contributed by atoms with Crippen LogP contribution in [-0.4, -0.2) is 54.5 Å². The monoisotopic (exact) mass is 328 g/mol. The first-order valence-electron chi connectivity index (χ1n) is 8.67. The van der Waals surface area contributed by atoms with Crippen molar-refractivity contribution >= 4 is 15.9 Å². The third-order valence-electron chi connectivity index (χ3n) is 5.32. The quantitative estimate of drug-likeness (QED) is 0.774. The summed E-state index contributed by atoms with van der Waals surface area (Å²) in [5, 5.41) is 0. The highest BCUT2D eigenvalue weighted by atomic mass is 32.2. The smallest absolute Gasteiger partial charge is 0.223 e. The van der Waals surface area contributed by atoms with Crippen LogP contribution in [0.1, 0.15) is 52.4 Å². The average molecular weight is 328 g/mol. The van der Waals surface area contributed by atoms with E-state index in [0.717, 1.165) is 32.1 Å². The first kappa shape index (κ1) is 16.2. The van der Waals surface area contributed by atoms with Crippen molar-refractivity contribution in [2.24, 2.45) is 11.8 Å². The molecule has 0 aromatic heterocycles. The van der Waals surface area contributed by atoms with Gasteiger partial charge in [-0.15, -0.1) is 0 Å². The molecule has 0 unspecified atom stereocenters. The first-order valence-corrected chi connectivity index (χ1v) is 10.3. The summed E-state index contributed by atoms with van der Waals surface area (Å²) in [5.74, 6) is 1.29. The number of carbonyl (C=O) groups excluding carboxylic acids is 1. The van der Waals surface area contributed by atoms with Gasteiger partial charge in [0.25, 0.3) is 0 Å². The Hall–Kier alpha value is -0.620. The number of carbonyl (C=O) groups is 1. The second-order valence-corrected chi connectivity index (χ2v) is 9.63. The third kappa shape index (κ3) is 3.32. The summed E-state index contributed by atoms with van der Waals surface area (Å²) >= 11 is 0. The van der Waals surface area contributed by atoms with Gasteiger partial charge >= 0.3 is 0 Å². The van der Waals surface area contributed by atoms with Crippen LogP contribution in [0, 0.1) is 11.8 Å². The molecule has 2 aliphatic heterocycles. The zero-order valence-corrected chi connectivity index (χ0v) is 14.5. The molecule has 6 heteroatoms. The lowest BCUT2D eigenvalue weighted by Gasteiger charge is -2.47. The van der Waals surface area contributed by atoms with Gasteiger partial charge in [0.15, 0.2) is 0 Å². The van der Waals surface area contributed by atoms with E-state index in [1.54, 1.807) is 4.31 Å². The minimum absolute atomic E-state index is 0.257. The number of nitrogens with zero attached hydrogens (tertiary/aromatic N) is 2. The molecule has 2 saturated heterocycles. The molecule has 22 heavy (non-hydrogen) atoms. The number of piperidine rings is 2. The Morgan fingerprint density at radius 3 is 2.55 bits per heavy atom. The molecule has 1 aliphatic carbocycles. The SMILES string of the molecule is CC(C)CCS(=O)(=O)N1CC[C@H]2[C@@H](CCC(=O)N2C2CC2)C1. The molecule has 3 aliphatic rings. The molecular formula is C16H28N2O3S. The molecule has 0 N–H and O–H groups in total. The van der Waals surface area contributed by atoms with Gasteiger partial charge in [-0.1, -0.05) is 13.8 Å². The summed E-state index contributed by atoms with van der Waals surface area (Å²) in [4.78, 5) is 14.3. The summed E-state index contributed by atoms with van der Waals surface area (Å²) in [6, 6.07) is 0.731. The number of amides is 1. The number of fused-ring (bicyclic) bond motifs is 1. The molecule has 2 heterocycles. The molecule has 0 aromatic carbocycles. The Morgan fingerprint density at radius 2 is 1.91 bits per heavy atom. The molecule has 3 rings (SSSR count). The van der Waals surface area contributed by atoms with Crippen LogP contribution in [0.3, 0.4) is 0 Å². The number of hydrogen-bond donors (Lipinski definition) is 0. The van der Waals surface area contributed by atoms with Crippen molar-refractivity contribution in [3.63, 3.8) is 0 Å². The highest BCUT2D eigenvalue weighted by Crippen LogP contribution is 2.39. The van der Waals surface area contributed by atoms with E-state index in [2.05, 4.69) is 18.7 Å². The van der Waals surface area contributed by atoms with Crippen molar-refractivity contribution in [2.45, 2.75) is 64.5 Å². The minimum Gasteiger partial charge on any atom is -0.336 e. The van der Waals surface area contributed by atoms with Crippen molar-refractivity contribution < 1.29 is 13.2 Å². The van der Waals surface area contributed by atoms with Crippen LogP contribution in [0.25, 0.3) is 0 Å². The predicted octanol–water partition coefficient (Wildman–Crippen LogP) is 1.84. The summed E-state index contributed by atoms with van der Waals surface area (Å²) in [6.07, 6.45) is 5.24. The highest BCUT2D eigenvalue weighted by molar-refractivity contribution is 7.89. The fourth-order valence-corrected chi connectivity index (χ4v) is 5.68. The van der Waals surface area contributed by atoms with Gasteiger partial charge in [0.1, 0.15) is 0 Å². The largest absolute Gasteiger partial charge is 0.336 e. The molecule has 126 valence electrons. The molecule has 2 atom stereocenters. The molecular weight excluding hydrogens is 300 g/mol. The molecule has 0 spiro atoms. The van der Waals surface area contributed by atoms with Gasteiger partial charge in [-0.3, -0.25) is 4.79 Å². The maximum Gasteiger partial charge on any atom is 0.223 e. The zero-order chi connectivity index (χ0) is 15.9. The van der Waals surface area contributed by atoms with E-state index in [0.29, 0.717) is 43.3 Å². The summed E-state index contributed by atoms with van der Waals surface area (Å²) < 4.78 is 26.7. The molecule has 1 amide bonds. The summed E-state index contributed by atoms with van der Waals surface area (Å²) in [5.41, 5.74) is 0. The minimum atomic E-state index is -3.13. The Morgan fingerprint density at radius 1 is 1.18 bits per heavy atom. The molecule has 0 aromatic rings. The third-order valence-corrected chi connectivity index (χ3v) is 7.19. The van der Waals surface area contributed by atoms with Crippen molar-refractivity contribution in [3.05, 3.63) is 0 Å². The second-order valence-electron chi connectivity index (χ2n) is 7.54. The summed E-state index contributed by atoms with van der Waals surface area (Å²) in [7, 11) is -3.13. The van der Waals surface area contributed by atoms with Crippen molar-refractivity contribution in [1.82, 2.24) is 9.21 Å². The normalized spacial score (nSPS) is 30.7. The van der Waals surface area contributed by atoms with E-state index < -0.39 is 10.0 Å².